The van der Waals surface area contributed by atoms with Crippen LogP contribution in [0.15, 0.2) is 52.3 Å². The van der Waals surface area contributed by atoms with E-state index in [0.717, 1.165) is 38.8 Å². The minimum Gasteiger partial charge on any atom is -0.490 e. The number of fused-ring (bicyclic) bond motifs is 9. The lowest BCUT2D eigenvalue weighted by Gasteiger charge is -2.43. The highest BCUT2D eigenvalue weighted by Crippen LogP contribution is 2.68. The number of hydrogen-bond donors (Lipinski definition) is 3. The summed E-state index contributed by atoms with van der Waals surface area (Å²) in [5.41, 5.74) is -0.630. The van der Waals surface area contributed by atoms with Gasteiger partial charge < -0.3 is 24.9 Å². The summed E-state index contributed by atoms with van der Waals surface area (Å²) in [7, 11) is 0. The molecule has 6 unspecified atom stereocenters. The number of benzene rings is 2. The number of aromatic amines is 1. The predicted molar refractivity (Wildman–Crippen MR) is 166 cm³/mol. The van der Waals surface area contributed by atoms with Crippen molar-refractivity contribution in [3.05, 3.63) is 68.1 Å². The predicted octanol–water partition coefficient (Wildman–Crippen LogP) is 4.43. The van der Waals surface area contributed by atoms with Crippen LogP contribution in [0.5, 0.6) is 11.5 Å². The monoisotopic (exact) mass is 703 g/mol. The maximum Gasteiger partial charge on any atom is 0.418 e. The van der Waals surface area contributed by atoms with Crippen molar-refractivity contribution in [2.24, 2.45) is 29.6 Å². The van der Waals surface area contributed by atoms with Gasteiger partial charge in [0.1, 0.15) is 6.54 Å². The number of nitrogens with zero attached hydrogens (tertiary/aromatic N) is 1. The summed E-state index contributed by atoms with van der Waals surface area (Å²) < 4.78 is 51.8. The smallest absolute Gasteiger partial charge is 0.418 e. The van der Waals surface area contributed by atoms with Crippen molar-refractivity contribution in [2.45, 2.75) is 35.7 Å². The molecular formula is C32H28F3N3O8S2. The number of imide groups is 1. The molecule has 3 N–H and O–H groups in total. The summed E-state index contributed by atoms with van der Waals surface area (Å²) in [5, 5.41) is 12.2. The first kappa shape index (κ1) is 32.2. The molecule has 3 fully saturated rings. The van der Waals surface area contributed by atoms with E-state index in [0.29, 0.717) is 11.4 Å². The number of carboxylic acid groups (broad SMARTS) is 1. The van der Waals surface area contributed by atoms with Crippen LogP contribution in [0.4, 0.5) is 18.9 Å². The molecule has 2 saturated carbocycles. The zero-order chi connectivity index (χ0) is 34.1. The van der Waals surface area contributed by atoms with Gasteiger partial charge in [0, 0.05) is 16.0 Å². The lowest BCUT2D eigenvalue weighted by atomic mass is 9.68. The second-order valence-corrected chi connectivity index (χ2v) is 14.3. The average Bonchev–Trinajstić information content (AvgIpc) is 3.76. The third kappa shape index (κ3) is 5.34. The summed E-state index contributed by atoms with van der Waals surface area (Å²) in [4.78, 5) is 67.7. The Bertz CT molecular complexity index is 1890. The lowest BCUT2D eigenvalue weighted by Crippen LogP contribution is -2.42. The van der Waals surface area contributed by atoms with E-state index in [2.05, 4.69) is 10.3 Å². The van der Waals surface area contributed by atoms with Crippen LogP contribution in [0.25, 0.3) is 0 Å². The second-order valence-electron chi connectivity index (χ2n) is 12.1. The number of carbonyl (C=O) groups excluding carboxylic acids is 3. The summed E-state index contributed by atoms with van der Waals surface area (Å²) >= 11 is 2.56. The van der Waals surface area contributed by atoms with Gasteiger partial charge in [0.25, 0.3) is 5.91 Å². The van der Waals surface area contributed by atoms with E-state index < -0.39 is 66.1 Å². The molecular weight excluding hydrogens is 675 g/mol. The van der Waals surface area contributed by atoms with Crippen LogP contribution < -0.4 is 19.7 Å². The van der Waals surface area contributed by atoms with Gasteiger partial charge in [-0.25, -0.2) is 0 Å². The number of nitrogens with one attached hydrogen (secondary N) is 2. The van der Waals surface area contributed by atoms with Gasteiger partial charge in [0.15, 0.2) is 18.1 Å². The molecule has 11 nitrogen and oxygen atoms in total. The Kier molecular flexibility index (Phi) is 8.05. The Hall–Kier alpha value is -4.31. The number of H-pyrrole nitrogens is 1. The number of thiazole rings is 1. The van der Waals surface area contributed by atoms with Gasteiger partial charge in [-0.15, -0.1) is 11.8 Å². The maximum absolute atomic E-state index is 13.4. The Balaban J connectivity index is 1.17. The standard InChI is InChI=1S/C32H28F3N3O8S2/c1-2-45-19-9-13(7-8-18(19)46-12-20(39)36-17-6-4-3-5-16(17)32(33,34)35)22-23-14-10-15(26(23)47-28-27(22)48-31(44)37-28)25-24(14)29(42)38(30(25)43)11-21(40)41/h3-9,14-15,22-26H,2,10-12H2,1H3,(H,36,39)(H,37,44)(H,40,41)/t14?,15?,22-,23?,24?,25?,26?/m1/s1. The third-order valence-electron chi connectivity index (χ3n) is 9.60. The molecule has 2 aliphatic heterocycles. The molecule has 7 rings (SSSR count). The van der Waals surface area contributed by atoms with Crippen molar-refractivity contribution in [3.63, 3.8) is 0 Å². The zero-order valence-electron chi connectivity index (χ0n) is 25.1. The number of ether oxygens (including phenoxy) is 2. The van der Waals surface area contributed by atoms with E-state index in [9.17, 15) is 42.3 Å². The molecule has 3 aromatic rings. The van der Waals surface area contributed by atoms with Gasteiger partial charge >= 0.3 is 17.0 Å². The molecule has 252 valence electrons. The molecule has 1 aromatic heterocycles. The second kappa shape index (κ2) is 12.0. The fourth-order valence-corrected chi connectivity index (χ4v) is 10.9. The highest BCUT2D eigenvalue weighted by molar-refractivity contribution is 8.00. The number of alkyl halides is 3. The van der Waals surface area contributed by atoms with Crippen molar-refractivity contribution in [1.29, 1.82) is 0 Å². The number of likely N-dealkylation sites (tertiary alicyclic amines) is 1. The Morgan fingerprint density at radius 2 is 1.77 bits per heavy atom. The lowest BCUT2D eigenvalue weighted by molar-refractivity contribution is -0.149. The van der Waals surface area contributed by atoms with Crippen molar-refractivity contribution >= 4 is 52.5 Å². The first-order chi connectivity index (χ1) is 22.9. The van der Waals surface area contributed by atoms with Crippen LogP contribution in [0, 0.1) is 29.6 Å². The van der Waals surface area contributed by atoms with E-state index in [-0.39, 0.29) is 51.9 Å². The van der Waals surface area contributed by atoms with Crippen LogP contribution in [-0.4, -0.2) is 63.7 Å². The van der Waals surface area contributed by atoms with Crippen molar-refractivity contribution < 1.29 is 46.9 Å². The summed E-state index contributed by atoms with van der Waals surface area (Å²) in [6.45, 7) is 0.700. The van der Waals surface area contributed by atoms with E-state index in [1.807, 2.05) is 0 Å². The molecule has 7 atom stereocenters. The number of amides is 3. The van der Waals surface area contributed by atoms with Gasteiger partial charge in [-0.05, 0) is 60.9 Å². The number of thioether (sulfide) groups is 1. The fraction of sp³-hybridized carbons (Fsp3) is 0.406. The highest BCUT2D eigenvalue weighted by Gasteiger charge is 2.69. The Labute approximate surface area is 278 Å². The molecule has 0 radical (unpaired) electrons. The maximum atomic E-state index is 13.4. The number of para-hydroxylation sites is 1. The van der Waals surface area contributed by atoms with Crippen LogP contribution in [0.2, 0.25) is 0 Å². The molecule has 4 aliphatic rings. The molecule has 2 aromatic carbocycles. The molecule has 0 spiro atoms. The van der Waals surface area contributed by atoms with Gasteiger partial charge in [-0.1, -0.05) is 29.5 Å². The Morgan fingerprint density at radius 3 is 2.48 bits per heavy atom. The van der Waals surface area contributed by atoms with Crippen LogP contribution in [0.3, 0.4) is 0 Å². The quantitative estimate of drug-likeness (QED) is 0.275. The van der Waals surface area contributed by atoms with E-state index in [1.54, 1.807) is 25.1 Å². The minimum absolute atomic E-state index is 0.115. The fourth-order valence-electron chi connectivity index (χ4n) is 8.02. The number of aliphatic carboxylic acids is 1. The molecule has 3 heterocycles. The van der Waals surface area contributed by atoms with E-state index in [1.165, 1.54) is 23.9 Å². The number of aromatic nitrogens is 1. The van der Waals surface area contributed by atoms with Gasteiger partial charge in [0.05, 0.1) is 34.7 Å². The number of anilines is 1. The van der Waals surface area contributed by atoms with Gasteiger partial charge in [0.2, 0.25) is 11.8 Å². The molecule has 1 saturated heterocycles. The van der Waals surface area contributed by atoms with E-state index >= 15 is 0 Å². The number of rotatable bonds is 9. The topological polar surface area (TPSA) is 155 Å². The highest BCUT2D eigenvalue weighted by atomic mass is 32.2. The van der Waals surface area contributed by atoms with Gasteiger partial charge in [-0.2, -0.15) is 13.2 Å². The number of halogens is 3. The Morgan fingerprint density at radius 1 is 1.04 bits per heavy atom. The number of carboxylic acids is 1. The summed E-state index contributed by atoms with van der Waals surface area (Å²) in [6.07, 6.45) is -4.04. The first-order valence-corrected chi connectivity index (χ1v) is 16.9. The molecule has 16 heteroatoms. The number of carbonyl (C=O) groups is 4. The van der Waals surface area contributed by atoms with Crippen LogP contribution >= 0.6 is 23.1 Å². The minimum atomic E-state index is -4.66. The zero-order valence-corrected chi connectivity index (χ0v) is 26.7. The average molecular weight is 704 g/mol. The molecule has 2 aliphatic carbocycles. The van der Waals surface area contributed by atoms with Crippen molar-refractivity contribution in [3.8, 4) is 11.5 Å². The van der Waals surface area contributed by atoms with Gasteiger partial charge in [-0.3, -0.25) is 28.9 Å². The molecule has 48 heavy (non-hydrogen) atoms. The SMILES string of the molecule is CCOc1cc([C@H]2c3sc(=O)[nH]c3SC3C4CC(C5C(=O)N(CC(=O)O)C(=O)C45)C32)ccc1OCC(=O)Nc1ccccc1C(F)(F)F. The normalized spacial score (nSPS) is 27.0. The first-order valence-electron chi connectivity index (χ1n) is 15.2. The van der Waals surface area contributed by atoms with Crippen LogP contribution in [0.1, 0.15) is 35.3 Å². The van der Waals surface area contributed by atoms with Crippen molar-refractivity contribution in [1.82, 2.24) is 9.88 Å². The third-order valence-corrected chi connectivity index (χ3v) is 12.2. The largest absolute Gasteiger partial charge is 0.490 e. The van der Waals surface area contributed by atoms with E-state index in [4.69, 9.17) is 9.47 Å². The van der Waals surface area contributed by atoms with Crippen LogP contribution in [-0.2, 0) is 25.4 Å². The molecule has 3 amide bonds. The summed E-state index contributed by atoms with van der Waals surface area (Å²) in [6, 6.07) is 9.72. The van der Waals surface area contributed by atoms with Crippen molar-refractivity contribution in [2.75, 3.05) is 25.1 Å². The summed E-state index contributed by atoms with van der Waals surface area (Å²) in [5.74, 6) is -4.70. The number of hydrogen-bond acceptors (Lipinski definition) is 9. The molecule has 2 bridgehead atoms.